The summed E-state index contributed by atoms with van der Waals surface area (Å²) >= 11 is 0. The van der Waals surface area contributed by atoms with Crippen LogP contribution >= 0.6 is 7.44 Å². The number of hydrogen-bond acceptors (Lipinski definition) is 2. The zero-order chi connectivity index (χ0) is 6.91. The van der Waals surface area contributed by atoms with Crippen LogP contribution in [-0.2, 0) is 50.2 Å². The van der Waals surface area contributed by atoms with Gasteiger partial charge in [0.15, 0.2) is 0 Å². The average molecular weight is 521 g/mol. The molecular formula is C4H9N2O2PRe2-2. The van der Waals surface area contributed by atoms with Gasteiger partial charge in [-0.2, -0.15) is 0 Å². The molecule has 1 unspecified atom stereocenters. The normalized spacial score (nSPS) is 29.4. The Morgan fingerprint density at radius 3 is 2.18 bits per heavy atom. The molecule has 0 spiro atoms. The van der Waals surface area contributed by atoms with Gasteiger partial charge in [0, 0.05) is 40.8 Å². The molecule has 1 heterocycles. The minimum absolute atomic E-state index is 0. The minimum atomic E-state index is -2.61. The summed E-state index contributed by atoms with van der Waals surface area (Å²) in [4.78, 5) is 4.52. The van der Waals surface area contributed by atoms with Crippen LogP contribution in [0.15, 0.2) is 0 Å². The van der Waals surface area contributed by atoms with E-state index in [1.165, 1.54) is 0 Å². The summed E-state index contributed by atoms with van der Waals surface area (Å²) in [7, 11) is -2.61. The molecule has 7 heteroatoms. The zero-order valence-electron chi connectivity index (χ0n) is 6.20. The van der Waals surface area contributed by atoms with Crippen molar-refractivity contribution in [2.45, 2.75) is 19.5 Å². The quantitative estimate of drug-likeness (QED) is 0.498. The van der Waals surface area contributed by atoms with E-state index in [2.05, 4.69) is 15.2 Å². The van der Waals surface area contributed by atoms with Crippen LogP contribution in [0.2, 0.25) is 0 Å². The molecule has 0 amide bonds. The van der Waals surface area contributed by atoms with Crippen LogP contribution < -0.4 is 0 Å². The Labute approximate surface area is 94.0 Å². The summed E-state index contributed by atoms with van der Waals surface area (Å²) in [5.41, 5.74) is -0.0139. The number of hydrogen-bond donors (Lipinski definition) is 0. The summed E-state index contributed by atoms with van der Waals surface area (Å²) in [6, 6.07) is 0. The molecule has 0 bridgehead atoms. The molecule has 1 aliphatic rings. The molecule has 0 saturated carbocycles. The Bertz CT molecular complexity index is 145. The van der Waals surface area contributed by atoms with Gasteiger partial charge in [-0.25, -0.2) is 0 Å². The second-order valence-corrected chi connectivity index (χ2v) is 4.82. The van der Waals surface area contributed by atoms with Crippen molar-refractivity contribution in [1.82, 2.24) is 0 Å². The molecule has 0 aromatic heterocycles. The second-order valence-electron chi connectivity index (χ2n) is 2.16. The standard InChI is InChI=1S/C4H9N2O2P.2Re/c1-4(2)9(7)5-3-8-6-9;;/h4H,3H2,1-2H3;;/q-2;;. The van der Waals surface area contributed by atoms with E-state index in [0.717, 1.165) is 0 Å². The van der Waals surface area contributed by atoms with Crippen molar-refractivity contribution in [3.63, 3.8) is 0 Å². The first kappa shape index (κ1) is 14.9. The van der Waals surface area contributed by atoms with Crippen molar-refractivity contribution >= 4 is 7.44 Å². The summed E-state index contributed by atoms with van der Waals surface area (Å²) in [6.07, 6.45) is 0. The van der Waals surface area contributed by atoms with E-state index in [1.807, 2.05) is 13.8 Å². The van der Waals surface area contributed by atoms with Crippen molar-refractivity contribution in [3.05, 3.63) is 10.3 Å². The molecule has 0 N–H and O–H groups in total. The topological polar surface area (TPSA) is 54.5 Å². The Morgan fingerprint density at radius 1 is 1.45 bits per heavy atom. The van der Waals surface area contributed by atoms with E-state index in [0.29, 0.717) is 0 Å². The second kappa shape index (κ2) is 5.98. The molecule has 1 saturated heterocycles. The van der Waals surface area contributed by atoms with Crippen LogP contribution in [0.25, 0.3) is 10.3 Å². The molecule has 1 atom stereocenters. The van der Waals surface area contributed by atoms with Crippen molar-refractivity contribution < 1.29 is 50.2 Å². The predicted molar refractivity (Wildman–Crippen MR) is 35.4 cm³/mol. The maximum absolute atomic E-state index is 11.3. The van der Waals surface area contributed by atoms with Gasteiger partial charge in [-0.15, -0.1) is 0 Å². The summed E-state index contributed by atoms with van der Waals surface area (Å²) in [6.45, 7) is 3.81. The van der Waals surface area contributed by atoms with Gasteiger partial charge in [0.05, 0.1) is 0 Å². The molecule has 1 rings (SSSR count). The molecule has 1 aliphatic heterocycles. The Hall–Kier alpha value is 1.43. The summed E-state index contributed by atoms with van der Waals surface area (Å²) in [5.74, 6) is 0. The zero-order valence-corrected chi connectivity index (χ0v) is 12.5. The molecule has 0 aromatic carbocycles. The van der Waals surface area contributed by atoms with Crippen molar-refractivity contribution in [2.24, 2.45) is 0 Å². The summed E-state index contributed by atoms with van der Waals surface area (Å²) in [5, 5.41) is 7.19. The van der Waals surface area contributed by atoms with Crippen LogP contribution in [-0.4, -0.2) is 12.4 Å². The first-order valence-electron chi connectivity index (χ1n) is 2.78. The van der Waals surface area contributed by atoms with Crippen LogP contribution in [0, 0.1) is 0 Å². The molecule has 4 nitrogen and oxygen atoms in total. The first-order chi connectivity index (χ1) is 4.15. The monoisotopic (exact) mass is 522 g/mol. The maximum atomic E-state index is 11.3. The maximum Gasteiger partial charge on any atom is 0 e. The van der Waals surface area contributed by atoms with Gasteiger partial charge in [0.2, 0.25) is 0 Å². The molecule has 68 valence electrons. The van der Waals surface area contributed by atoms with Gasteiger partial charge >= 0.3 is 0 Å². The molecule has 0 aromatic rings. The van der Waals surface area contributed by atoms with E-state index >= 15 is 0 Å². The fourth-order valence-electron chi connectivity index (χ4n) is 0.500. The smallest absolute Gasteiger partial charge is 0 e. The third-order valence-electron chi connectivity index (χ3n) is 1.17. The average Bonchev–Trinajstić information content (AvgIpc) is 2.16. The first-order valence-corrected chi connectivity index (χ1v) is 4.46. The minimum Gasteiger partial charge on any atom is -0.597 e. The van der Waals surface area contributed by atoms with Gasteiger partial charge in [0.1, 0.15) is 0 Å². The SMILES string of the molecule is CC(C)P1(=O)[N-]CO[N-]1.[Re].[Re]. The van der Waals surface area contributed by atoms with E-state index in [-0.39, 0.29) is 53.2 Å². The van der Waals surface area contributed by atoms with Crippen LogP contribution in [0.5, 0.6) is 0 Å². The van der Waals surface area contributed by atoms with Crippen LogP contribution in [0.4, 0.5) is 0 Å². The van der Waals surface area contributed by atoms with Crippen molar-refractivity contribution in [1.29, 1.82) is 0 Å². The molecule has 0 aliphatic carbocycles. The fraction of sp³-hybridized carbons (Fsp3) is 1.00. The Morgan fingerprint density at radius 2 is 2.00 bits per heavy atom. The molecule has 11 heavy (non-hydrogen) atoms. The van der Waals surface area contributed by atoms with E-state index < -0.39 is 7.44 Å². The van der Waals surface area contributed by atoms with E-state index in [9.17, 15) is 4.57 Å². The van der Waals surface area contributed by atoms with E-state index in [1.54, 1.807) is 0 Å². The van der Waals surface area contributed by atoms with Crippen LogP contribution in [0.3, 0.4) is 0 Å². The van der Waals surface area contributed by atoms with Gasteiger partial charge in [-0.3, -0.25) is 0 Å². The van der Waals surface area contributed by atoms with Gasteiger partial charge < -0.3 is 19.7 Å². The fourth-order valence-corrected chi connectivity index (χ4v) is 1.50. The van der Waals surface area contributed by atoms with Gasteiger partial charge in [-0.05, 0) is 5.66 Å². The number of nitrogens with zero attached hydrogens (tertiary/aromatic N) is 2. The predicted octanol–water partition coefficient (Wildman–Crippen LogP) is 2.23. The molecule has 1 fully saturated rings. The van der Waals surface area contributed by atoms with Gasteiger partial charge in [0.25, 0.3) is 0 Å². The van der Waals surface area contributed by atoms with Gasteiger partial charge in [-0.1, -0.05) is 28.0 Å². The Kier molecular flexibility index (Phi) is 8.11. The van der Waals surface area contributed by atoms with E-state index in [4.69, 9.17) is 0 Å². The molecule has 2 radical (unpaired) electrons. The molecular weight excluding hydrogens is 511 g/mol. The number of rotatable bonds is 1. The van der Waals surface area contributed by atoms with Crippen LogP contribution in [0.1, 0.15) is 13.8 Å². The third-order valence-corrected chi connectivity index (χ3v) is 3.38. The summed E-state index contributed by atoms with van der Waals surface area (Å²) < 4.78 is 11.3. The third kappa shape index (κ3) is 3.77. The van der Waals surface area contributed by atoms with Crippen molar-refractivity contribution in [2.75, 3.05) is 6.73 Å². The Balaban J connectivity index is 0. The largest absolute Gasteiger partial charge is 0.597 e. The van der Waals surface area contributed by atoms with Crippen molar-refractivity contribution in [3.8, 4) is 0 Å².